The van der Waals surface area contributed by atoms with Crippen molar-refractivity contribution in [2.45, 2.75) is 6.92 Å². The highest BCUT2D eigenvalue weighted by molar-refractivity contribution is 9.10. The smallest absolute Gasteiger partial charge is 0.312 e. The van der Waals surface area contributed by atoms with Crippen LogP contribution >= 0.6 is 15.9 Å². The minimum absolute atomic E-state index is 0.0407. The Morgan fingerprint density at radius 3 is 2.94 bits per heavy atom. The van der Waals surface area contributed by atoms with E-state index < -0.39 is 0 Å². The molecule has 1 aromatic rings. The number of anilines is 1. The number of halogens is 1. The molecule has 3 nitrogen and oxygen atoms in total. The summed E-state index contributed by atoms with van der Waals surface area (Å²) in [6, 6.07) is 8.09. The minimum atomic E-state index is -0.0752. The molecule has 1 saturated heterocycles. The van der Waals surface area contributed by atoms with Gasteiger partial charge in [-0.05, 0) is 25.1 Å². The van der Waals surface area contributed by atoms with Crippen LogP contribution in [-0.4, -0.2) is 25.7 Å². The SMILES string of the molecule is CCOC(=O)C1CN(c2cccc(Br)c2)C1. The Hall–Kier alpha value is -1.03. The zero-order chi connectivity index (χ0) is 11.5. The maximum absolute atomic E-state index is 11.4. The third kappa shape index (κ3) is 2.38. The Morgan fingerprint density at radius 1 is 1.56 bits per heavy atom. The molecule has 4 heteroatoms. The summed E-state index contributed by atoms with van der Waals surface area (Å²) in [5, 5.41) is 0. The number of esters is 1. The monoisotopic (exact) mass is 283 g/mol. The number of rotatable bonds is 3. The fourth-order valence-electron chi connectivity index (χ4n) is 1.77. The van der Waals surface area contributed by atoms with Crippen LogP contribution in [0.3, 0.4) is 0 Å². The van der Waals surface area contributed by atoms with Gasteiger partial charge in [-0.3, -0.25) is 4.79 Å². The van der Waals surface area contributed by atoms with E-state index in [1.54, 1.807) is 0 Å². The van der Waals surface area contributed by atoms with Gasteiger partial charge in [0.15, 0.2) is 0 Å². The van der Waals surface area contributed by atoms with Crippen LogP contribution in [0.25, 0.3) is 0 Å². The lowest BCUT2D eigenvalue weighted by molar-refractivity contribution is -0.148. The summed E-state index contributed by atoms with van der Waals surface area (Å²) < 4.78 is 6.04. The topological polar surface area (TPSA) is 29.5 Å². The Kier molecular flexibility index (Phi) is 3.49. The molecule has 1 aromatic carbocycles. The van der Waals surface area contributed by atoms with Gasteiger partial charge in [0.1, 0.15) is 0 Å². The highest BCUT2D eigenvalue weighted by Gasteiger charge is 2.33. The Labute approximate surface area is 104 Å². The Bertz CT molecular complexity index is 388. The van der Waals surface area contributed by atoms with E-state index >= 15 is 0 Å². The summed E-state index contributed by atoms with van der Waals surface area (Å²) in [7, 11) is 0. The molecule has 86 valence electrons. The molecule has 1 fully saturated rings. The molecule has 0 saturated carbocycles. The zero-order valence-corrected chi connectivity index (χ0v) is 10.7. The van der Waals surface area contributed by atoms with Crippen LogP contribution in [0.2, 0.25) is 0 Å². The molecule has 0 atom stereocenters. The first-order valence-corrected chi connectivity index (χ1v) is 6.17. The predicted molar refractivity (Wildman–Crippen MR) is 66.5 cm³/mol. The number of carbonyl (C=O) groups excluding carboxylic acids is 1. The molecule has 0 N–H and O–H groups in total. The van der Waals surface area contributed by atoms with Crippen LogP contribution in [0.5, 0.6) is 0 Å². The van der Waals surface area contributed by atoms with Crippen molar-refractivity contribution in [3.8, 4) is 0 Å². The highest BCUT2D eigenvalue weighted by Crippen LogP contribution is 2.27. The zero-order valence-electron chi connectivity index (χ0n) is 9.15. The van der Waals surface area contributed by atoms with Gasteiger partial charge < -0.3 is 9.64 Å². The first kappa shape index (κ1) is 11.5. The van der Waals surface area contributed by atoms with Crippen molar-refractivity contribution in [2.24, 2.45) is 5.92 Å². The second-order valence-electron chi connectivity index (χ2n) is 3.83. The molecule has 0 unspecified atom stereocenters. The normalized spacial score (nSPS) is 15.8. The largest absolute Gasteiger partial charge is 0.466 e. The van der Waals surface area contributed by atoms with Crippen molar-refractivity contribution in [2.75, 3.05) is 24.6 Å². The summed E-state index contributed by atoms with van der Waals surface area (Å²) in [6.45, 7) is 3.82. The van der Waals surface area contributed by atoms with Gasteiger partial charge in [-0.1, -0.05) is 22.0 Å². The molecule has 0 aromatic heterocycles. The number of ether oxygens (including phenoxy) is 1. The number of hydrogen-bond donors (Lipinski definition) is 0. The fourth-order valence-corrected chi connectivity index (χ4v) is 2.16. The molecule has 0 radical (unpaired) electrons. The van der Waals surface area contributed by atoms with Crippen molar-refractivity contribution < 1.29 is 9.53 Å². The van der Waals surface area contributed by atoms with Gasteiger partial charge in [0, 0.05) is 23.2 Å². The van der Waals surface area contributed by atoms with E-state index in [1.165, 1.54) is 0 Å². The minimum Gasteiger partial charge on any atom is -0.466 e. The molecule has 16 heavy (non-hydrogen) atoms. The van der Waals surface area contributed by atoms with Crippen molar-refractivity contribution in [3.63, 3.8) is 0 Å². The van der Waals surface area contributed by atoms with Crippen LogP contribution in [0, 0.1) is 5.92 Å². The van der Waals surface area contributed by atoms with E-state index in [0.29, 0.717) is 6.61 Å². The van der Waals surface area contributed by atoms with Crippen LogP contribution in [0.1, 0.15) is 6.92 Å². The van der Waals surface area contributed by atoms with Crippen molar-refractivity contribution >= 4 is 27.6 Å². The number of hydrogen-bond acceptors (Lipinski definition) is 3. The third-order valence-electron chi connectivity index (χ3n) is 2.67. The van der Waals surface area contributed by atoms with Crippen LogP contribution in [-0.2, 0) is 9.53 Å². The fraction of sp³-hybridized carbons (Fsp3) is 0.417. The van der Waals surface area contributed by atoms with Gasteiger partial charge in [0.25, 0.3) is 0 Å². The summed E-state index contributed by atoms with van der Waals surface area (Å²) in [5.74, 6) is -0.0346. The molecular weight excluding hydrogens is 270 g/mol. The highest BCUT2D eigenvalue weighted by atomic mass is 79.9. The average molecular weight is 284 g/mol. The van der Waals surface area contributed by atoms with Gasteiger partial charge in [-0.2, -0.15) is 0 Å². The summed E-state index contributed by atoms with van der Waals surface area (Å²) in [6.07, 6.45) is 0. The molecule has 1 aliphatic heterocycles. The maximum atomic E-state index is 11.4. The molecule has 1 heterocycles. The molecule has 0 spiro atoms. The summed E-state index contributed by atoms with van der Waals surface area (Å²) in [4.78, 5) is 13.6. The number of benzene rings is 1. The Balaban J connectivity index is 1.91. The molecule has 1 aliphatic rings. The molecule has 2 rings (SSSR count). The van der Waals surface area contributed by atoms with E-state index in [0.717, 1.165) is 23.2 Å². The first-order chi connectivity index (χ1) is 7.70. The van der Waals surface area contributed by atoms with Crippen LogP contribution in [0.4, 0.5) is 5.69 Å². The molecule has 0 aliphatic carbocycles. The van der Waals surface area contributed by atoms with E-state index in [4.69, 9.17) is 4.74 Å². The van der Waals surface area contributed by atoms with Crippen molar-refractivity contribution in [3.05, 3.63) is 28.7 Å². The predicted octanol–water partition coefficient (Wildman–Crippen LogP) is 2.45. The lowest BCUT2D eigenvalue weighted by Crippen LogP contribution is -2.51. The van der Waals surface area contributed by atoms with Crippen LogP contribution < -0.4 is 4.90 Å². The summed E-state index contributed by atoms with van der Waals surface area (Å²) >= 11 is 3.43. The van der Waals surface area contributed by atoms with E-state index in [-0.39, 0.29) is 11.9 Å². The number of nitrogens with zero attached hydrogens (tertiary/aromatic N) is 1. The first-order valence-electron chi connectivity index (χ1n) is 5.38. The average Bonchev–Trinajstić information content (AvgIpc) is 2.15. The third-order valence-corrected chi connectivity index (χ3v) is 3.17. The van der Waals surface area contributed by atoms with Gasteiger partial charge in [0.2, 0.25) is 0 Å². The lowest BCUT2D eigenvalue weighted by atomic mass is 9.99. The van der Waals surface area contributed by atoms with Crippen molar-refractivity contribution in [1.29, 1.82) is 0 Å². The van der Waals surface area contributed by atoms with Crippen molar-refractivity contribution in [1.82, 2.24) is 0 Å². The van der Waals surface area contributed by atoms with Gasteiger partial charge in [-0.15, -0.1) is 0 Å². The second kappa shape index (κ2) is 4.87. The van der Waals surface area contributed by atoms with E-state index in [2.05, 4.69) is 26.9 Å². The van der Waals surface area contributed by atoms with Gasteiger partial charge >= 0.3 is 5.97 Å². The Morgan fingerprint density at radius 2 is 2.31 bits per heavy atom. The molecule has 0 amide bonds. The number of carbonyl (C=O) groups is 1. The lowest BCUT2D eigenvalue weighted by Gasteiger charge is -2.39. The van der Waals surface area contributed by atoms with Gasteiger partial charge in [0.05, 0.1) is 12.5 Å². The van der Waals surface area contributed by atoms with Gasteiger partial charge in [-0.25, -0.2) is 0 Å². The molecule has 0 bridgehead atoms. The standard InChI is InChI=1S/C12H14BrNO2/c1-2-16-12(15)9-7-14(8-9)11-5-3-4-10(13)6-11/h3-6,9H,2,7-8H2,1H3. The van der Waals surface area contributed by atoms with E-state index in [1.807, 2.05) is 25.1 Å². The van der Waals surface area contributed by atoms with Crippen LogP contribution in [0.15, 0.2) is 28.7 Å². The summed E-state index contributed by atoms with van der Waals surface area (Å²) in [5.41, 5.74) is 1.15. The maximum Gasteiger partial charge on any atom is 0.312 e. The quantitative estimate of drug-likeness (QED) is 0.798. The second-order valence-corrected chi connectivity index (χ2v) is 4.75. The van der Waals surface area contributed by atoms with E-state index in [9.17, 15) is 4.79 Å². The molecular formula is C12H14BrNO2.